The summed E-state index contributed by atoms with van der Waals surface area (Å²) in [5.41, 5.74) is 0.756. The molecule has 7 nitrogen and oxygen atoms in total. The van der Waals surface area contributed by atoms with Gasteiger partial charge in [-0.2, -0.15) is 5.10 Å². The van der Waals surface area contributed by atoms with Gasteiger partial charge in [0, 0.05) is 13.6 Å². The van der Waals surface area contributed by atoms with Crippen LogP contribution in [0, 0.1) is 0 Å². The molecule has 2 aromatic heterocycles. The maximum absolute atomic E-state index is 11.9. The van der Waals surface area contributed by atoms with Crippen LogP contribution in [0.4, 0.5) is 5.82 Å². The van der Waals surface area contributed by atoms with Gasteiger partial charge in [0.2, 0.25) is 5.91 Å². The van der Waals surface area contributed by atoms with Crippen LogP contribution in [0.3, 0.4) is 0 Å². The molecule has 0 bridgehead atoms. The van der Waals surface area contributed by atoms with Gasteiger partial charge in [0.15, 0.2) is 5.65 Å². The van der Waals surface area contributed by atoms with Gasteiger partial charge in [-0.1, -0.05) is 0 Å². The summed E-state index contributed by atoms with van der Waals surface area (Å²) < 4.78 is 1.69. The lowest BCUT2D eigenvalue weighted by molar-refractivity contribution is -0.121. The summed E-state index contributed by atoms with van der Waals surface area (Å²) in [5.74, 6) is 0.702. The fourth-order valence-corrected chi connectivity index (χ4v) is 2.32. The van der Waals surface area contributed by atoms with Crippen molar-refractivity contribution in [2.75, 3.05) is 11.9 Å². The zero-order valence-electron chi connectivity index (χ0n) is 10.8. The zero-order valence-corrected chi connectivity index (χ0v) is 10.8. The number of anilines is 1. The van der Waals surface area contributed by atoms with Gasteiger partial charge in [-0.3, -0.25) is 9.48 Å². The summed E-state index contributed by atoms with van der Waals surface area (Å²) in [6.07, 6.45) is 6.07. The van der Waals surface area contributed by atoms with Crippen molar-refractivity contribution in [3.63, 3.8) is 0 Å². The molecule has 2 N–H and O–H groups in total. The highest BCUT2D eigenvalue weighted by molar-refractivity contribution is 5.90. The zero-order chi connectivity index (χ0) is 13.2. The largest absolute Gasteiger partial charge is 0.358 e. The molecule has 0 unspecified atom stereocenters. The van der Waals surface area contributed by atoms with Crippen molar-refractivity contribution in [2.45, 2.75) is 25.3 Å². The Labute approximate surface area is 110 Å². The minimum absolute atomic E-state index is 0.0353. The fraction of sp³-hybridized carbons (Fsp3) is 0.500. The number of amides is 1. The van der Waals surface area contributed by atoms with Gasteiger partial charge >= 0.3 is 0 Å². The van der Waals surface area contributed by atoms with E-state index in [-0.39, 0.29) is 11.9 Å². The van der Waals surface area contributed by atoms with Gasteiger partial charge in [0.1, 0.15) is 18.2 Å². The Kier molecular flexibility index (Phi) is 3.02. The number of aryl methyl sites for hydroxylation is 1. The number of fused-ring (bicyclic) bond motifs is 1. The number of carbonyl (C=O) groups excluding carboxylic acids is 1. The molecule has 1 atom stereocenters. The van der Waals surface area contributed by atoms with Crippen LogP contribution < -0.4 is 10.6 Å². The van der Waals surface area contributed by atoms with E-state index in [2.05, 4.69) is 25.7 Å². The first-order valence-electron chi connectivity index (χ1n) is 6.42. The molecule has 1 fully saturated rings. The predicted octanol–water partition coefficient (Wildman–Crippen LogP) is 0.444. The number of nitrogens with zero attached hydrogens (tertiary/aromatic N) is 4. The second-order valence-corrected chi connectivity index (χ2v) is 4.71. The van der Waals surface area contributed by atoms with E-state index >= 15 is 0 Å². The summed E-state index contributed by atoms with van der Waals surface area (Å²) in [6.45, 7) is 0.753. The molecule has 3 heterocycles. The Morgan fingerprint density at radius 1 is 1.42 bits per heavy atom. The smallest absolute Gasteiger partial charge is 0.242 e. The van der Waals surface area contributed by atoms with E-state index in [1.165, 1.54) is 6.33 Å². The molecule has 0 radical (unpaired) electrons. The van der Waals surface area contributed by atoms with Crippen molar-refractivity contribution in [3.05, 3.63) is 12.5 Å². The molecule has 3 rings (SSSR count). The average molecular weight is 260 g/mol. The van der Waals surface area contributed by atoms with E-state index in [1.54, 1.807) is 10.9 Å². The van der Waals surface area contributed by atoms with Crippen LogP contribution >= 0.6 is 0 Å². The predicted molar refractivity (Wildman–Crippen MR) is 70.6 cm³/mol. The first-order valence-corrected chi connectivity index (χ1v) is 6.42. The lowest BCUT2D eigenvalue weighted by atomic mass is 10.1. The van der Waals surface area contributed by atoms with Gasteiger partial charge < -0.3 is 10.6 Å². The normalized spacial score (nSPS) is 20.1. The molecule has 1 aliphatic rings. The summed E-state index contributed by atoms with van der Waals surface area (Å²) in [7, 11) is 1.83. The molecule has 0 aliphatic carbocycles. The van der Waals surface area contributed by atoms with Crippen molar-refractivity contribution in [1.82, 2.24) is 25.1 Å². The molecule has 19 heavy (non-hydrogen) atoms. The monoisotopic (exact) mass is 260 g/mol. The lowest BCUT2D eigenvalue weighted by Gasteiger charge is -2.15. The van der Waals surface area contributed by atoms with Gasteiger partial charge in [-0.15, -0.1) is 0 Å². The maximum atomic E-state index is 11.9. The minimum Gasteiger partial charge on any atom is -0.358 e. The molecular weight excluding hydrogens is 244 g/mol. The van der Waals surface area contributed by atoms with E-state index in [1.807, 2.05) is 7.05 Å². The quantitative estimate of drug-likeness (QED) is 0.818. The van der Waals surface area contributed by atoms with E-state index in [0.717, 1.165) is 36.8 Å². The van der Waals surface area contributed by atoms with E-state index < -0.39 is 0 Å². The second-order valence-electron chi connectivity index (χ2n) is 4.71. The molecule has 1 saturated heterocycles. The molecule has 100 valence electrons. The highest BCUT2D eigenvalue weighted by atomic mass is 16.2. The van der Waals surface area contributed by atoms with E-state index in [0.29, 0.717) is 5.82 Å². The summed E-state index contributed by atoms with van der Waals surface area (Å²) in [6, 6.07) is -0.235. The first-order chi connectivity index (χ1) is 9.25. The third kappa shape index (κ3) is 2.23. The van der Waals surface area contributed by atoms with Gasteiger partial charge in [-0.25, -0.2) is 9.97 Å². The Balaban J connectivity index is 1.90. The maximum Gasteiger partial charge on any atom is 0.242 e. The van der Waals surface area contributed by atoms with Crippen LogP contribution in [0.5, 0.6) is 0 Å². The van der Waals surface area contributed by atoms with Crippen LogP contribution in [-0.2, 0) is 11.8 Å². The number of hydrogen-bond donors (Lipinski definition) is 2. The van der Waals surface area contributed by atoms with Gasteiger partial charge in [0.25, 0.3) is 0 Å². The highest BCUT2D eigenvalue weighted by Gasteiger charge is 2.21. The number of hydrogen-bond acceptors (Lipinski definition) is 5. The molecule has 0 aromatic carbocycles. The topological polar surface area (TPSA) is 84.7 Å². The molecule has 7 heteroatoms. The molecule has 2 aromatic rings. The number of aromatic nitrogens is 4. The fourth-order valence-electron chi connectivity index (χ4n) is 2.32. The number of rotatable bonds is 2. The second kappa shape index (κ2) is 4.83. The summed E-state index contributed by atoms with van der Waals surface area (Å²) in [4.78, 5) is 20.3. The van der Waals surface area contributed by atoms with Crippen LogP contribution in [0.1, 0.15) is 19.3 Å². The van der Waals surface area contributed by atoms with Crippen molar-refractivity contribution < 1.29 is 4.79 Å². The van der Waals surface area contributed by atoms with Crippen molar-refractivity contribution in [1.29, 1.82) is 0 Å². The standard InChI is InChI=1S/C12H16N6O/c1-18-11-8(6-16-18)10(14-7-15-11)17-9-4-2-3-5-13-12(9)19/h6-7,9H,2-5H2,1H3,(H,13,19)(H,14,15,17)/t9-/m0/s1. The first kappa shape index (κ1) is 11.9. The van der Waals surface area contributed by atoms with Crippen molar-refractivity contribution in [3.8, 4) is 0 Å². The van der Waals surface area contributed by atoms with Crippen LogP contribution in [0.25, 0.3) is 11.0 Å². The Morgan fingerprint density at radius 3 is 3.21 bits per heavy atom. The molecule has 1 aliphatic heterocycles. The highest BCUT2D eigenvalue weighted by Crippen LogP contribution is 2.20. The van der Waals surface area contributed by atoms with Crippen LogP contribution in [0.2, 0.25) is 0 Å². The average Bonchev–Trinajstić information content (AvgIpc) is 2.67. The van der Waals surface area contributed by atoms with Gasteiger partial charge in [0.05, 0.1) is 11.6 Å². The molecule has 0 spiro atoms. The van der Waals surface area contributed by atoms with Crippen molar-refractivity contribution in [2.24, 2.45) is 7.05 Å². The Hall–Kier alpha value is -2.18. The SMILES string of the molecule is Cn1ncc2c(N[C@H]3CCCCNC3=O)ncnc21. The summed E-state index contributed by atoms with van der Waals surface area (Å²) >= 11 is 0. The van der Waals surface area contributed by atoms with Crippen molar-refractivity contribution >= 4 is 22.8 Å². The lowest BCUT2D eigenvalue weighted by Crippen LogP contribution is -2.38. The third-order valence-corrected chi connectivity index (χ3v) is 3.38. The third-order valence-electron chi connectivity index (χ3n) is 3.38. The molecule has 0 saturated carbocycles. The number of nitrogens with one attached hydrogen (secondary N) is 2. The number of carbonyl (C=O) groups is 1. The van der Waals surface area contributed by atoms with Crippen LogP contribution in [-0.4, -0.2) is 38.2 Å². The summed E-state index contributed by atoms with van der Waals surface area (Å²) in [5, 5.41) is 11.1. The Morgan fingerprint density at radius 2 is 2.32 bits per heavy atom. The Bertz CT molecular complexity index is 607. The van der Waals surface area contributed by atoms with Gasteiger partial charge in [-0.05, 0) is 19.3 Å². The van der Waals surface area contributed by atoms with E-state index in [4.69, 9.17) is 0 Å². The molecular formula is C12H16N6O. The van der Waals surface area contributed by atoms with E-state index in [9.17, 15) is 4.79 Å². The minimum atomic E-state index is -0.235. The molecule has 1 amide bonds. The van der Waals surface area contributed by atoms with Crippen LogP contribution in [0.15, 0.2) is 12.5 Å².